The summed E-state index contributed by atoms with van der Waals surface area (Å²) in [5.74, 6) is -0.588. The van der Waals surface area contributed by atoms with E-state index in [0.29, 0.717) is 0 Å². The average Bonchev–Trinajstić information content (AvgIpc) is 2.60. The van der Waals surface area contributed by atoms with Crippen molar-refractivity contribution in [2.45, 2.75) is 72.2 Å². The van der Waals surface area contributed by atoms with Gasteiger partial charge in [-0.25, -0.2) is 9.18 Å². The van der Waals surface area contributed by atoms with Gasteiger partial charge in [0.05, 0.1) is 16.9 Å². The van der Waals surface area contributed by atoms with E-state index < -0.39 is 35.8 Å². The number of rotatable bonds is 2. The van der Waals surface area contributed by atoms with Crippen molar-refractivity contribution in [3.63, 3.8) is 0 Å². The molecular formula is C18H27BFNO4. The molecule has 7 heteroatoms. The monoisotopic (exact) mass is 351 g/mol. The van der Waals surface area contributed by atoms with Gasteiger partial charge < -0.3 is 14.0 Å². The van der Waals surface area contributed by atoms with Gasteiger partial charge in [0, 0.05) is 5.46 Å². The highest BCUT2D eigenvalue weighted by atomic mass is 19.1. The van der Waals surface area contributed by atoms with Gasteiger partial charge in [-0.1, -0.05) is 6.07 Å². The SMILES string of the molecule is Cc1cc(NC(=O)OC(C)(C)C)c(F)c(B2OC(C)(C)C(C)(C)O2)c1. The minimum absolute atomic E-state index is 0.0407. The first-order valence-electron chi connectivity index (χ1n) is 8.37. The second kappa shape index (κ2) is 6.29. The third-order valence-electron chi connectivity index (χ3n) is 4.39. The Morgan fingerprint density at radius 3 is 2.16 bits per heavy atom. The number of nitrogens with one attached hydrogen (secondary N) is 1. The van der Waals surface area contributed by atoms with Gasteiger partial charge in [0.2, 0.25) is 0 Å². The van der Waals surface area contributed by atoms with Crippen LogP contribution in [0, 0.1) is 12.7 Å². The fourth-order valence-corrected chi connectivity index (χ4v) is 2.44. The van der Waals surface area contributed by atoms with E-state index in [1.165, 1.54) is 0 Å². The molecule has 0 atom stereocenters. The molecule has 0 spiro atoms. The molecule has 0 bridgehead atoms. The lowest BCUT2D eigenvalue weighted by Gasteiger charge is -2.32. The number of carbonyl (C=O) groups excluding carboxylic acids is 1. The molecular weight excluding hydrogens is 324 g/mol. The van der Waals surface area contributed by atoms with E-state index in [2.05, 4.69) is 5.32 Å². The van der Waals surface area contributed by atoms with Crippen LogP contribution in [-0.2, 0) is 14.0 Å². The predicted molar refractivity (Wildman–Crippen MR) is 96.7 cm³/mol. The van der Waals surface area contributed by atoms with E-state index in [4.69, 9.17) is 14.0 Å². The molecule has 1 heterocycles. The van der Waals surface area contributed by atoms with E-state index in [1.54, 1.807) is 32.9 Å². The van der Waals surface area contributed by atoms with Crippen LogP contribution in [0.1, 0.15) is 54.0 Å². The maximum atomic E-state index is 15.0. The Labute approximate surface area is 149 Å². The van der Waals surface area contributed by atoms with E-state index in [9.17, 15) is 9.18 Å². The molecule has 1 amide bonds. The molecule has 0 aliphatic carbocycles. The molecule has 0 radical (unpaired) electrons. The summed E-state index contributed by atoms with van der Waals surface area (Å²) < 4.78 is 32.0. The third-order valence-corrected chi connectivity index (χ3v) is 4.39. The first kappa shape index (κ1) is 19.7. The van der Waals surface area contributed by atoms with Crippen LogP contribution in [0.3, 0.4) is 0 Å². The predicted octanol–water partition coefficient (Wildman–Crippen LogP) is 3.78. The highest BCUT2D eigenvalue weighted by Gasteiger charge is 2.52. The lowest BCUT2D eigenvalue weighted by molar-refractivity contribution is 0.00578. The first-order chi connectivity index (χ1) is 11.2. The van der Waals surface area contributed by atoms with Gasteiger partial charge in [-0.15, -0.1) is 0 Å². The number of hydrogen-bond donors (Lipinski definition) is 1. The zero-order valence-electron chi connectivity index (χ0n) is 16.2. The summed E-state index contributed by atoms with van der Waals surface area (Å²) in [4.78, 5) is 12.0. The second-order valence-electron chi connectivity index (χ2n) is 8.43. The molecule has 0 unspecified atom stereocenters. The average molecular weight is 351 g/mol. The van der Waals surface area contributed by atoms with Crippen LogP contribution in [-0.4, -0.2) is 30.0 Å². The summed E-state index contributed by atoms with van der Waals surface area (Å²) in [5, 5.41) is 2.47. The quantitative estimate of drug-likeness (QED) is 0.824. The fourth-order valence-electron chi connectivity index (χ4n) is 2.44. The molecule has 1 fully saturated rings. The van der Waals surface area contributed by atoms with Crippen molar-refractivity contribution in [2.24, 2.45) is 0 Å². The Hall–Kier alpha value is -1.60. The molecule has 25 heavy (non-hydrogen) atoms. The number of aryl methyl sites for hydroxylation is 1. The Bertz CT molecular complexity index is 666. The zero-order valence-corrected chi connectivity index (χ0v) is 16.2. The number of anilines is 1. The summed E-state index contributed by atoms with van der Waals surface area (Å²) in [6, 6.07) is 3.21. The highest BCUT2D eigenvalue weighted by Crippen LogP contribution is 2.37. The number of halogens is 1. The Balaban J connectivity index is 2.31. The van der Waals surface area contributed by atoms with Crippen LogP contribution < -0.4 is 10.8 Å². The lowest BCUT2D eigenvalue weighted by atomic mass is 9.77. The molecule has 1 aromatic carbocycles. The Morgan fingerprint density at radius 1 is 1.16 bits per heavy atom. The summed E-state index contributed by atoms with van der Waals surface area (Å²) >= 11 is 0. The number of carbonyl (C=O) groups is 1. The lowest BCUT2D eigenvalue weighted by Crippen LogP contribution is -2.41. The van der Waals surface area contributed by atoms with Crippen molar-refractivity contribution in [3.8, 4) is 0 Å². The topological polar surface area (TPSA) is 56.8 Å². The van der Waals surface area contributed by atoms with E-state index in [-0.39, 0.29) is 11.2 Å². The highest BCUT2D eigenvalue weighted by molar-refractivity contribution is 6.62. The summed E-state index contributed by atoms with van der Waals surface area (Å²) in [6.07, 6.45) is -0.711. The molecule has 1 N–H and O–H groups in total. The van der Waals surface area contributed by atoms with Crippen molar-refractivity contribution in [1.82, 2.24) is 0 Å². The maximum absolute atomic E-state index is 15.0. The Morgan fingerprint density at radius 2 is 1.68 bits per heavy atom. The maximum Gasteiger partial charge on any atom is 0.497 e. The van der Waals surface area contributed by atoms with Crippen molar-refractivity contribution in [2.75, 3.05) is 5.32 Å². The third kappa shape index (κ3) is 4.33. The zero-order chi connectivity index (χ0) is 19.2. The van der Waals surface area contributed by atoms with Gasteiger partial charge >= 0.3 is 13.2 Å². The Kier molecular flexibility index (Phi) is 4.96. The van der Waals surface area contributed by atoms with Gasteiger partial charge in [0.25, 0.3) is 0 Å². The molecule has 138 valence electrons. The van der Waals surface area contributed by atoms with Gasteiger partial charge in [0.15, 0.2) is 0 Å². The molecule has 1 aliphatic rings. The first-order valence-corrected chi connectivity index (χ1v) is 8.37. The smallest absolute Gasteiger partial charge is 0.444 e. The van der Waals surface area contributed by atoms with E-state index in [0.717, 1.165) is 5.56 Å². The molecule has 0 saturated carbocycles. The van der Waals surface area contributed by atoms with E-state index >= 15 is 0 Å². The number of ether oxygens (including phenoxy) is 1. The number of amides is 1. The molecule has 2 rings (SSSR count). The molecule has 1 aromatic rings. The van der Waals surface area contributed by atoms with E-state index in [1.807, 2.05) is 34.6 Å². The summed E-state index contributed by atoms with van der Waals surface area (Å²) in [5.41, 5.74) is -0.751. The van der Waals surface area contributed by atoms with Gasteiger partial charge in [0.1, 0.15) is 11.4 Å². The van der Waals surface area contributed by atoms with Crippen molar-refractivity contribution < 1.29 is 23.2 Å². The van der Waals surface area contributed by atoms with Crippen LogP contribution in [0.2, 0.25) is 0 Å². The van der Waals surface area contributed by atoms with Gasteiger partial charge in [-0.05, 0) is 67.0 Å². The van der Waals surface area contributed by atoms with Crippen molar-refractivity contribution >= 4 is 24.4 Å². The van der Waals surface area contributed by atoms with Crippen LogP contribution >= 0.6 is 0 Å². The van der Waals surface area contributed by atoms with Crippen molar-refractivity contribution in [3.05, 3.63) is 23.5 Å². The normalized spacial score (nSPS) is 19.0. The van der Waals surface area contributed by atoms with Gasteiger partial charge in [-0.3, -0.25) is 5.32 Å². The fraction of sp³-hybridized carbons (Fsp3) is 0.611. The molecule has 5 nitrogen and oxygen atoms in total. The van der Waals surface area contributed by atoms with Crippen LogP contribution in [0.25, 0.3) is 0 Å². The standard InChI is InChI=1S/C18H27BFNO4/c1-11-9-12(19-24-17(5,6)18(7,8)25-19)14(20)13(10-11)21-15(22)23-16(2,3)4/h9-10H,1-8H3,(H,21,22). The second-order valence-corrected chi connectivity index (χ2v) is 8.43. The number of hydrogen-bond acceptors (Lipinski definition) is 4. The summed E-state index contributed by atoms with van der Waals surface area (Å²) in [6.45, 7) is 14.7. The molecule has 1 saturated heterocycles. The van der Waals surface area contributed by atoms with Gasteiger partial charge in [-0.2, -0.15) is 0 Å². The largest absolute Gasteiger partial charge is 0.497 e. The number of benzene rings is 1. The van der Waals surface area contributed by atoms with Crippen molar-refractivity contribution in [1.29, 1.82) is 0 Å². The van der Waals surface area contributed by atoms with Crippen LogP contribution in [0.5, 0.6) is 0 Å². The minimum atomic E-state index is -0.843. The van der Waals surface area contributed by atoms with Crippen LogP contribution in [0.4, 0.5) is 14.9 Å². The summed E-state index contributed by atoms with van der Waals surface area (Å²) in [7, 11) is -0.843. The molecule has 0 aromatic heterocycles. The minimum Gasteiger partial charge on any atom is -0.444 e. The molecule has 1 aliphatic heterocycles. The van der Waals surface area contributed by atoms with Crippen LogP contribution in [0.15, 0.2) is 12.1 Å².